The lowest BCUT2D eigenvalue weighted by atomic mass is 10.1. The van der Waals surface area contributed by atoms with Crippen LogP contribution in [0.3, 0.4) is 0 Å². The molecule has 0 aliphatic carbocycles. The Kier molecular flexibility index (Phi) is 3.07. The highest BCUT2D eigenvalue weighted by Crippen LogP contribution is 2.38. The van der Waals surface area contributed by atoms with Gasteiger partial charge in [0, 0.05) is 0 Å². The highest BCUT2D eigenvalue weighted by Gasteiger charge is 2.31. The lowest BCUT2D eigenvalue weighted by Crippen LogP contribution is -2.05. The molecule has 0 radical (unpaired) electrons. The van der Waals surface area contributed by atoms with Gasteiger partial charge in [-0.05, 0) is 36.8 Å². The predicted molar refractivity (Wildman–Crippen MR) is 60.4 cm³/mol. The average Bonchev–Trinajstić information content (AvgIpc) is 2.73. The number of rotatable bonds is 2. The molecular weight excluding hydrogens is 245 g/mol. The summed E-state index contributed by atoms with van der Waals surface area (Å²) in [7, 11) is 1.33. The second-order valence-corrected chi connectivity index (χ2v) is 3.85. The van der Waals surface area contributed by atoms with E-state index < -0.39 is 11.7 Å². The molecule has 0 fully saturated rings. The molecule has 1 aromatic carbocycles. The summed E-state index contributed by atoms with van der Waals surface area (Å²) in [5.41, 5.74) is 0.605. The van der Waals surface area contributed by atoms with Crippen molar-refractivity contribution < 1.29 is 22.3 Å². The van der Waals surface area contributed by atoms with Crippen LogP contribution in [0.15, 0.2) is 34.9 Å². The first kappa shape index (κ1) is 12.5. The van der Waals surface area contributed by atoms with Crippen LogP contribution in [-0.2, 0) is 6.18 Å². The Morgan fingerprint density at radius 3 is 2.39 bits per heavy atom. The van der Waals surface area contributed by atoms with Crippen molar-refractivity contribution in [3.05, 3.63) is 41.7 Å². The maximum absolute atomic E-state index is 12.6. The summed E-state index contributed by atoms with van der Waals surface area (Å²) in [4.78, 5) is 0. The van der Waals surface area contributed by atoms with Crippen molar-refractivity contribution in [2.45, 2.75) is 13.1 Å². The van der Waals surface area contributed by atoms with Gasteiger partial charge in [0.1, 0.15) is 11.5 Å². The van der Waals surface area contributed by atoms with Crippen molar-refractivity contribution in [1.82, 2.24) is 0 Å². The number of hydrogen-bond acceptors (Lipinski definition) is 2. The Labute approximate surface area is 102 Å². The van der Waals surface area contributed by atoms with Crippen molar-refractivity contribution in [2.75, 3.05) is 7.11 Å². The minimum atomic E-state index is -4.38. The Morgan fingerprint density at radius 1 is 1.17 bits per heavy atom. The zero-order valence-electron chi connectivity index (χ0n) is 9.84. The molecule has 5 heteroatoms. The average molecular weight is 256 g/mol. The van der Waals surface area contributed by atoms with Gasteiger partial charge in [-0.3, -0.25) is 0 Å². The Morgan fingerprint density at radius 2 is 1.89 bits per heavy atom. The number of benzene rings is 1. The van der Waals surface area contributed by atoms with Crippen LogP contribution in [-0.4, -0.2) is 7.11 Å². The van der Waals surface area contributed by atoms with E-state index in [4.69, 9.17) is 9.15 Å². The number of alkyl halides is 3. The summed E-state index contributed by atoms with van der Waals surface area (Å²) >= 11 is 0. The maximum atomic E-state index is 12.6. The normalized spacial score (nSPS) is 11.6. The Bertz CT molecular complexity index is 556. The Balaban J connectivity index is 2.54. The first-order chi connectivity index (χ1) is 8.43. The standard InChI is InChI=1S/C13H11F3O2/c1-8-5-6-18-12(8)10-4-3-9(13(14,15)16)7-11(10)17-2/h3-7H,1-2H3. The summed E-state index contributed by atoms with van der Waals surface area (Å²) in [6, 6.07) is 5.08. The zero-order chi connectivity index (χ0) is 13.3. The number of halogens is 3. The molecule has 2 aromatic rings. The van der Waals surface area contributed by atoms with Crippen LogP contribution in [0.2, 0.25) is 0 Å². The fourth-order valence-electron chi connectivity index (χ4n) is 1.70. The molecule has 0 saturated carbocycles. The molecule has 0 atom stereocenters. The molecule has 1 heterocycles. The van der Waals surface area contributed by atoms with Crippen LogP contribution < -0.4 is 4.74 Å². The number of aryl methyl sites for hydroxylation is 1. The van der Waals surface area contributed by atoms with Gasteiger partial charge in [0.25, 0.3) is 0 Å². The van der Waals surface area contributed by atoms with Gasteiger partial charge < -0.3 is 9.15 Å². The van der Waals surface area contributed by atoms with Crippen molar-refractivity contribution >= 4 is 0 Å². The molecule has 0 saturated heterocycles. The van der Waals surface area contributed by atoms with E-state index in [0.29, 0.717) is 11.3 Å². The third-order valence-electron chi connectivity index (χ3n) is 2.64. The third-order valence-corrected chi connectivity index (χ3v) is 2.64. The minimum absolute atomic E-state index is 0.142. The first-order valence-corrected chi connectivity index (χ1v) is 5.23. The second kappa shape index (κ2) is 4.40. The highest BCUT2D eigenvalue weighted by atomic mass is 19.4. The van der Waals surface area contributed by atoms with E-state index >= 15 is 0 Å². The number of hydrogen-bond donors (Lipinski definition) is 0. The lowest BCUT2D eigenvalue weighted by Gasteiger charge is -2.11. The molecule has 0 aliphatic rings. The minimum Gasteiger partial charge on any atom is -0.496 e. The van der Waals surface area contributed by atoms with E-state index in [9.17, 15) is 13.2 Å². The van der Waals surface area contributed by atoms with Gasteiger partial charge in [0.15, 0.2) is 0 Å². The zero-order valence-corrected chi connectivity index (χ0v) is 9.84. The van der Waals surface area contributed by atoms with Crippen LogP contribution in [0.5, 0.6) is 5.75 Å². The summed E-state index contributed by atoms with van der Waals surface area (Å²) in [6.07, 6.45) is -2.90. The van der Waals surface area contributed by atoms with Crippen molar-refractivity contribution in [3.8, 4) is 17.1 Å². The van der Waals surface area contributed by atoms with E-state index in [1.807, 2.05) is 6.92 Å². The molecule has 0 unspecified atom stereocenters. The monoisotopic (exact) mass is 256 g/mol. The van der Waals surface area contributed by atoms with Gasteiger partial charge in [-0.2, -0.15) is 13.2 Å². The van der Waals surface area contributed by atoms with Gasteiger partial charge >= 0.3 is 6.18 Å². The molecular formula is C13H11F3O2. The summed E-state index contributed by atoms with van der Waals surface area (Å²) in [6.45, 7) is 1.82. The maximum Gasteiger partial charge on any atom is 0.416 e. The molecule has 0 amide bonds. The fourth-order valence-corrected chi connectivity index (χ4v) is 1.70. The van der Waals surface area contributed by atoms with Gasteiger partial charge in [0.2, 0.25) is 0 Å². The van der Waals surface area contributed by atoms with Crippen LogP contribution >= 0.6 is 0 Å². The van der Waals surface area contributed by atoms with Gasteiger partial charge in [-0.15, -0.1) is 0 Å². The summed E-state index contributed by atoms with van der Waals surface area (Å²) in [5.74, 6) is 0.656. The van der Waals surface area contributed by atoms with Crippen LogP contribution in [0.4, 0.5) is 13.2 Å². The number of methoxy groups -OCH3 is 1. The van der Waals surface area contributed by atoms with E-state index in [1.54, 1.807) is 6.07 Å². The smallest absolute Gasteiger partial charge is 0.416 e. The molecule has 2 nitrogen and oxygen atoms in total. The van der Waals surface area contributed by atoms with E-state index in [-0.39, 0.29) is 5.75 Å². The number of furan rings is 1. The fraction of sp³-hybridized carbons (Fsp3) is 0.231. The van der Waals surface area contributed by atoms with E-state index in [0.717, 1.165) is 17.7 Å². The lowest BCUT2D eigenvalue weighted by molar-refractivity contribution is -0.137. The quantitative estimate of drug-likeness (QED) is 0.800. The Hall–Kier alpha value is -1.91. The predicted octanol–water partition coefficient (Wildman–Crippen LogP) is 4.28. The molecule has 0 spiro atoms. The number of ether oxygens (including phenoxy) is 1. The highest BCUT2D eigenvalue weighted by molar-refractivity contribution is 5.69. The van der Waals surface area contributed by atoms with Crippen LogP contribution in [0.25, 0.3) is 11.3 Å². The molecule has 1 aromatic heterocycles. The molecule has 2 rings (SSSR count). The largest absolute Gasteiger partial charge is 0.496 e. The van der Waals surface area contributed by atoms with Gasteiger partial charge in [-0.1, -0.05) is 0 Å². The SMILES string of the molecule is COc1cc(C(F)(F)F)ccc1-c1occc1C. The van der Waals surface area contributed by atoms with Crippen molar-refractivity contribution in [3.63, 3.8) is 0 Å². The molecule has 96 valence electrons. The molecule has 0 aliphatic heterocycles. The summed E-state index contributed by atoms with van der Waals surface area (Å²) in [5, 5.41) is 0. The van der Waals surface area contributed by atoms with Crippen LogP contribution in [0.1, 0.15) is 11.1 Å². The first-order valence-electron chi connectivity index (χ1n) is 5.23. The second-order valence-electron chi connectivity index (χ2n) is 3.85. The topological polar surface area (TPSA) is 22.4 Å². The molecule has 0 N–H and O–H groups in total. The molecule has 0 bridgehead atoms. The van der Waals surface area contributed by atoms with Crippen molar-refractivity contribution in [1.29, 1.82) is 0 Å². The summed E-state index contributed by atoms with van der Waals surface area (Å²) < 4.78 is 48.0. The van der Waals surface area contributed by atoms with E-state index in [2.05, 4.69) is 0 Å². The molecule has 18 heavy (non-hydrogen) atoms. The van der Waals surface area contributed by atoms with Crippen LogP contribution in [0, 0.1) is 6.92 Å². The van der Waals surface area contributed by atoms with Gasteiger partial charge in [-0.25, -0.2) is 0 Å². The van der Waals surface area contributed by atoms with Gasteiger partial charge in [0.05, 0.1) is 24.5 Å². The third kappa shape index (κ3) is 2.20. The van der Waals surface area contributed by atoms with E-state index in [1.165, 1.54) is 19.4 Å². The van der Waals surface area contributed by atoms with Crippen molar-refractivity contribution in [2.24, 2.45) is 0 Å².